The van der Waals surface area contributed by atoms with Gasteiger partial charge in [-0.15, -0.1) is 0 Å². The highest BCUT2D eigenvalue weighted by Crippen LogP contribution is 2.45. The van der Waals surface area contributed by atoms with Crippen LogP contribution in [0.5, 0.6) is 0 Å². The molecule has 1 saturated carbocycles. The van der Waals surface area contributed by atoms with Crippen molar-refractivity contribution in [1.82, 2.24) is 5.16 Å². The second-order valence-corrected chi connectivity index (χ2v) is 5.88. The third kappa shape index (κ3) is 2.68. The van der Waals surface area contributed by atoms with Gasteiger partial charge in [-0.05, 0) is 37.5 Å². The standard InChI is InChI=1S/C16H16ClNO3/c1-11-9-14(18-21-11)10-20-15(19)16(7-2-8-16)12-3-5-13(17)6-4-12/h3-6,9H,2,7-8,10H2,1H3. The quantitative estimate of drug-likeness (QED) is 0.806. The van der Waals surface area contributed by atoms with Gasteiger partial charge in [0.2, 0.25) is 0 Å². The first-order valence-corrected chi connectivity index (χ1v) is 7.33. The van der Waals surface area contributed by atoms with E-state index in [2.05, 4.69) is 5.16 Å². The molecule has 0 unspecified atom stereocenters. The summed E-state index contributed by atoms with van der Waals surface area (Å²) in [4.78, 5) is 12.5. The Balaban J connectivity index is 1.73. The summed E-state index contributed by atoms with van der Waals surface area (Å²) in [6.45, 7) is 1.95. The summed E-state index contributed by atoms with van der Waals surface area (Å²) in [7, 11) is 0. The van der Waals surface area contributed by atoms with Gasteiger partial charge in [-0.3, -0.25) is 4.79 Å². The molecule has 1 heterocycles. The van der Waals surface area contributed by atoms with Crippen molar-refractivity contribution in [3.05, 3.63) is 52.4 Å². The van der Waals surface area contributed by atoms with Gasteiger partial charge in [-0.25, -0.2) is 0 Å². The molecule has 1 aliphatic rings. The van der Waals surface area contributed by atoms with E-state index >= 15 is 0 Å². The summed E-state index contributed by atoms with van der Waals surface area (Å²) in [5.41, 5.74) is 1.08. The molecular formula is C16H16ClNO3. The van der Waals surface area contributed by atoms with Crippen LogP contribution < -0.4 is 0 Å². The predicted molar refractivity (Wildman–Crippen MR) is 78.0 cm³/mol. The number of benzene rings is 1. The number of rotatable bonds is 4. The lowest BCUT2D eigenvalue weighted by Crippen LogP contribution is -2.43. The van der Waals surface area contributed by atoms with E-state index in [9.17, 15) is 4.79 Å². The molecule has 0 atom stereocenters. The maximum Gasteiger partial charge on any atom is 0.316 e. The number of hydrogen-bond donors (Lipinski definition) is 0. The SMILES string of the molecule is Cc1cc(COC(=O)C2(c3ccc(Cl)cc3)CCC2)no1. The Morgan fingerprint density at radius 2 is 2.10 bits per heavy atom. The number of aryl methyl sites for hydroxylation is 1. The van der Waals surface area contributed by atoms with Gasteiger partial charge < -0.3 is 9.26 Å². The molecule has 110 valence electrons. The van der Waals surface area contributed by atoms with Crippen molar-refractivity contribution in [3.8, 4) is 0 Å². The predicted octanol–water partition coefficient (Wildman–Crippen LogP) is 3.80. The highest BCUT2D eigenvalue weighted by Gasteiger charge is 2.47. The third-order valence-electron chi connectivity index (χ3n) is 4.02. The molecule has 1 fully saturated rings. The molecule has 0 aliphatic heterocycles. The first kappa shape index (κ1) is 14.1. The van der Waals surface area contributed by atoms with Gasteiger partial charge in [0.1, 0.15) is 18.1 Å². The van der Waals surface area contributed by atoms with E-state index in [0.717, 1.165) is 24.8 Å². The van der Waals surface area contributed by atoms with Crippen LogP contribution in [0.1, 0.15) is 36.3 Å². The second-order valence-electron chi connectivity index (χ2n) is 5.45. The lowest BCUT2D eigenvalue weighted by atomic mass is 9.64. The summed E-state index contributed by atoms with van der Waals surface area (Å²) in [6.07, 6.45) is 2.65. The Bertz CT molecular complexity index is 644. The van der Waals surface area contributed by atoms with Crippen molar-refractivity contribution in [3.63, 3.8) is 0 Å². The first-order chi connectivity index (χ1) is 10.1. The van der Waals surface area contributed by atoms with E-state index in [1.165, 1.54) is 0 Å². The Labute approximate surface area is 128 Å². The van der Waals surface area contributed by atoms with Gasteiger partial charge in [-0.2, -0.15) is 0 Å². The zero-order valence-corrected chi connectivity index (χ0v) is 12.5. The van der Waals surface area contributed by atoms with E-state index in [4.69, 9.17) is 20.9 Å². The smallest absolute Gasteiger partial charge is 0.316 e. The maximum absolute atomic E-state index is 12.5. The van der Waals surface area contributed by atoms with Gasteiger partial charge in [0.25, 0.3) is 0 Å². The molecule has 4 nitrogen and oxygen atoms in total. The highest BCUT2D eigenvalue weighted by atomic mass is 35.5. The number of esters is 1. The fraction of sp³-hybridized carbons (Fsp3) is 0.375. The number of nitrogens with zero attached hydrogens (tertiary/aromatic N) is 1. The van der Waals surface area contributed by atoms with E-state index in [-0.39, 0.29) is 12.6 Å². The molecule has 0 N–H and O–H groups in total. The van der Waals surface area contributed by atoms with Crippen LogP contribution in [0.3, 0.4) is 0 Å². The minimum atomic E-state index is -0.524. The van der Waals surface area contributed by atoms with Crippen LogP contribution in [0, 0.1) is 6.92 Å². The van der Waals surface area contributed by atoms with Crippen LogP contribution in [-0.4, -0.2) is 11.1 Å². The van der Waals surface area contributed by atoms with E-state index in [1.807, 2.05) is 24.3 Å². The van der Waals surface area contributed by atoms with Crippen molar-refractivity contribution < 1.29 is 14.1 Å². The molecular weight excluding hydrogens is 290 g/mol. The molecule has 1 aromatic heterocycles. The average molecular weight is 306 g/mol. The van der Waals surface area contributed by atoms with Crippen LogP contribution in [0.2, 0.25) is 5.02 Å². The molecule has 5 heteroatoms. The van der Waals surface area contributed by atoms with Crippen LogP contribution in [0.4, 0.5) is 0 Å². The molecule has 3 rings (SSSR count). The second kappa shape index (κ2) is 5.53. The zero-order chi connectivity index (χ0) is 14.9. The number of halogens is 1. The molecule has 0 bridgehead atoms. The monoisotopic (exact) mass is 305 g/mol. The van der Waals surface area contributed by atoms with Gasteiger partial charge in [0.05, 0.1) is 5.41 Å². The number of ether oxygens (including phenoxy) is 1. The molecule has 1 aromatic carbocycles. The van der Waals surface area contributed by atoms with Gasteiger partial charge in [-0.1, -0.05) is 35.3 Å². The Hall–Kier alpha value is -1.81. The maximum atomic E-state index is 12.5. The van der Waals surface area contributed by atoms with E-state index < -0.39 is 5.41 Å². The summed E-state index contributed by atoms with van der Waals surface area (Å²) in [5.74, 6) is 0.508. The summed E-state index contributed by atoms with van der Waals surface area (Å²) < 4.78 is 10.4. The number of carbonyl (C=O) groups is 1. The largest absolute Gasteiger partial charge is 0.458 e. The van der Waals surface area contributed by atoms with Crippen LogP contribution in [0.25, 0.3) is 0 Å². The topological polar surface area (TPSA) is 52.3 Å². The molecule has 0 saturated heterocycles. The number of hydrogen-bond acceptors (Lipinski definition) is 4. The van der Waals surface area contributed by atoms with E-state index in [1.54, 1.807) is 13.0 Å². The van der Waals surface area contributed by atoms with Crippen LogP contribution in [0.15, 0.2) is 34.9 Å². The number of aromatic nitrogens is 1. The van der Waals surface area contributed by atoms with Crippen molar-refractivity contribution >= 4 is 17.6 Å². The fourth-order valence-corrected chi connectivity index (χ4v) is 2.80. The summed E-state index contributed by atoms with van der Waals surface area (Å²) in [5, 5.41) is 4.49. The zero-order valence-electron chi connectivity index (χ0n) is 11.8. The third-order valence-corrected chi connectivity index (χ3v) is 4.27. The Morgan fingerprint density at radius 1 is 1.38 bits per heavy atom. The van der Waals surface area contributed by atoms with Crippen molar-refractivity contribution in [2.24, 2.45) is 0 Å². The average Bonchev–Trinajstić information content (AvgIpc) is 2.83. The number of carbonyl (C=O) groups excluding carboxylic acids is 1. The fourth-order valence-electron chi connectivity index (χ4n) is 2.67. The molecule has 0 amide bonds. The summed E-state index contributed by atoms with van der Waals surface area (Å²) in [6, 6.07) is 9.20. The van der Waals surface area contributed by atoms with Gasteiger partial charge >= 0.3 is 5.97 Å². The minimum Gasteiger partial charge on any atom is -0.458 e. The summed E-state index contributed by atoms with van der Waals surface area (Å²) >= 11 is 5.91. The Morgan fingerprint density at radius 3 is 2.62 bits per heavy atom. The van der Waals surface area contributed by atoms with E-state index in [0.29, 0.717) is 16.5 Å². The lowest BCUT2D eigenvalue weighted by molar-refractivity contribution is -0.156. The normalized spacial score (nSPS) is 16.3. The minimum absolute atomic E-state index is 0.144. The van der Waals surface area contributed by atoms with Crippen LogP contribution in [-0.2, 0) is 21.6 Å². The molecule has 0 spiro atoms. The van der Waals surface area contributed by atoms with Crippen molar-refractivity contribution in [2.75, 3.05) is 0 Å². The Kier molecular flexibility index (Phi) is 3.72. The van der Waals surface area contributed by atoms with Crippen molar-refractivity contribution in [2.45, 2.75) is 38.2 Å². The molecule has 0 radical (unpaired) electrons. The van der Waals surface area contributed by atoms with Gasteiger partial charge in [0.15, 0.2) is 0 Å². The lowest BCUT2D eigenvalue weighted by Gasteiger charge is -2.39. The molecule has 21 heavy (non-hydrogen) atoms. The van der Waals surface area contributed by atoms with Gasteiger partial charge in [0, 0.05) is 11.1 Å². The van der Waals surface area contributed by atoms with Crippen LogP contribution >= 0.6 is 11.6 Å². The van der Waals surface area contributed by atoms with Crippen molar-refractivity contribution in [1.29, 1.82) is 0 Å². The molecule has 1 aliphatic carbocycles. The molecule has 2 aromatic rings. The highest BCUT2D eigenvalue weighted by molar-refractivity contribution is 6.30. The first-order valence-electron chi connectivity index (χ1n) is 6.96.